The van der Waals surface area contributed by atoms with Gasteiger partial charge in [-0.1, -0.05) is 66.7 Å². The summed E-state index contributed by atoms with van der Waals surface area (Å²) in [6, 6.07) is 22.8. The lowest BCUT2D eigenvalue weighted by Crippen LogP contribution is -2.51. The van der Waals surface area contributed by atoms with Gasteiger partial charge in [0.15, 0.2) is 0 Å². The van der Waals surface area contributed by atoms with Crippen molar-refractivity contribution in [3.63, 3.8) is 0 Å². The molecule has 3 aliphatic heterocycles. The van der Waals surface area contributed by atoms with Crippen molar-refractivity contribution in [2.24, 2.45) is 0 Å². The van der Waals surface area contributed by atoms with Gasteiger partial charge in [0.25, 0.3) is 0 Å². The molecule has 0 unspecified atom stereocenters. The number of urea groups is 1. The largest absolute Gasteiger partial charge is 0.464 e. The third-order valence-corrected chi connectivity index (χ3v) is 8.13. The van der Waals surface area contributed by atoms with Gasteiger partial charge >= 0.3 is 12.0 Å². The molecule has 0 aliphatic carbocycles. The highest BCUT2D eigenvalue weighted by molar-refractivity contribution is 6.00. The van der Waals surface area contributed by atoms with Gasteiger partial charge in [0.2, 0.25) is 11.8 Å². The number of benzene rings is 3. The van der Waals surface area contributed by atoms with Crippen molar-refractivity contribution in [2.45, 2.75) is 64.2 Å². The number of ether oxygens (including phenoxy) is 1. The SMILES string of the molecule is CC1(C)CC(=O)N[C@@H]2CCc3ccccc3N(Cc3ccc(cc3)-c3ccccc3CNC(=O)NCCC(=O)OCCN1)C2=O. The maximum Gasteiger partial charge on any atom is 0.315 e. The second-order valence-electron chi connectivity index (χ2n) is 12.1. The van der Waals surface area contributed by atoms with Crippen molar-refractivity contribution in [2.75, 3.05) is 24.6 Å². The standard InChI is InChI=1S/C35H41N5O5/c1-35(2)21-31(41)39-29-16-15-26-7-4-6-10-30(26)40(33(29)43)23-24-11-13-25(14-12-24)28-9-5-3-8-27(28)22-37-34(44)36-18-17-32(42)45-20-19-38-35/h3-14,29,38H,15-23H2,1-2H3,(H,39,41)(H2,36,37,44)/t29-/m1/s1. The zero-order valence-corrected chi connectivity index (χ0v) is 25.9. The molecule has 1 atom stereocenters. The summed E-state index contributed by atoms with van der Waals surface area (Å²) in [4.78, 5) is 53.6. The number of hydrogen-bond acceptors (Lipinski definition) is 6. The van der Waals surface area contributed by atoms with E-state index in [0.717, 1.165) is 33.5 Å². The van der Waals surface area contributed by atoms with E-state index < -0.39 is 17.6 Å². The van der Waals surface area contributed by atoms with Gasteiger partial charge in [0, 0.05) is 37.3 Å². The van der Waals surface area contributed by atoms with Crippen LogP contribution in [0.3, 0.4) is 0 Å². The normalized spacial score (nSPS) is 20.1. The van der Waals surface area contributed by atoms with Gasteiger partial charge in [-0.2, -0.15) is 0 Å². The summed E-state index contributed by atoms with van der Waals surface area (Å²) in [5, 5.41) is 11.8. The monoisotopic (exact) mass is 611 g/mol. The number of anilines is 1. The van der Waals surface area contributed by atoms with Crippen LogP contribution in [-0.4, -0.2) is 55.1 Å². The highest BCUT2D eigenvalue weighted by atomic mass is 16.5. The minimum Gasteiger partial charge on any atom is -0.464 e. The molecule has 3 aliphatic rings. The van der Waals surface area contributed by atoms with E-state index in [2.05, 4.69) is 21.3 Å². The van der Waals surface area contributed by atoms with Crippen LogP contribution >= 0.6 is 0 Å². The molecule has 3 aromatic carbocycles. The van der Waals surface area contributed by atoms with Crippen LogP contribution in [0, 0.1) is 0 Å². The minimum atomic E-state index is -0.661. The van der Waals surface area contributed by atoms with Gasteiger partial charge in [0.1, 0.15) is 12.6 Å². The first-order chi connectivity index (χ1) is 21.7. The van der Waals surface area contributed by atoms with E-state index in [1.165, 1.54) is 0 Å². The molecule has 10 nitrogen and oxygen atoms in total. The van der Waals surface area contributed by atoms with Gasteiger partial charge in [-0.25, -0.2) is 4.79 Å². The quantitative estimate of drug-likeness (QED) is 0.286. The lowest BCUT2D eigenvalue weighted by atomic mass is 9.98. The summed E-state index contributed by atoms with van der Waals surface area (Å²) in [6.45, 7) is 5.07. The average molecular weight is 612 g/mol. The molecular formula is C35H41N5O5. The van der Waals surface area contributed by atoms with Crippen LogP contribution in [0.4, 0.5) is 10.5 Å². The zero-order chi connectivity index (χ0) is 31.8. The number of amides is 4. The molecule has 4 amide bonds. The Hall–Kier alpha value is -4.70. The summed E-state index contributed by atoms with van der Waals surface area (Å²) >= 11 is 0. The number of nitrogens with zero attached hydrogens (tertiary/aromatic N) is 1. The van der Waals surface area contributed by atoms with Crippen LogP contribution in [0.15, 0.2) is 72.8 Å². The van der Waals surface area contributed by atoms with E-state index in [4.69, 9.17) is 4.74 Å². The van der Waals surface area contributed by atoms with Crippen molar-refractivity contribution >= 4 is 29.5 Å². The fourth-order valence-corrected chi connectivity index (χ4v) is 5.79. The number of rotatable bonds is 0. The number of nitrogens with one attached hydrogen (secondary N) is 4. The van der Waals surface area contributed by atoms with E-state index in [1.807, 2.05) is 86.6 Å². The predicted molar refractivity (Wildman–Crippen MR) is 172 cm³/mol. The van der Waals surface area contributed by atoms with E-state index in [1.54, 1.807) is 4.90 Å². The Morgan fingerprint density at radius 1 is 0.822 bits per heavy atom. The molecule has 0 spiro atoms. The van der Waals surface area contributed by atoms with Crippen LogP contribution in [-0.2, 0) is 38.6 Å². The van der Waals surface area contributed by atoms with Gasteiger partial charge in [0.05, 0.1) is 13.0 Å². The molecule has 0 aromatic heterocycles. The van der Waals surface area contributed by atoms with Gasteiger partial charge in [-0.3, -0.25) is 14.4 Å². The van der Waals surface area contributed by atoms with Crippen LogP contribution < -0.4 is 26.2 Å². The number of fused-ring (bicyclic) bond motifs is 17. The first-order valence-corrected chi connectivity index (χ1v) is 15.5. The molecule has 4 bridgehead atoms. The van der Waals surface area contributed by atoms with Crippen LogP contribution in [0.2, 0.25) is 0 Å². The highest BCUT2D eigenvalue weighted by Crippen LogP contribution is 2.30. The molecule has 3 heterocycles. The first-order valence-electron chi connectivity index (χ1n) is 15.5. The topological polar surface area (TPSA) is 129 Å². The first kappa shape index (κ1) is 31.7. The Balaban J connectivity index is 1.41. The number of aryl methyl sites for hydroxylation is 1. The molecule has 0 radical (unpaired) electrons. The van der Waals surface area contributed by atoms with Gasteiger partial charge in [-0.05, 0) is 60.6 Å². The summed E-state index contributed by atoms with van der Waals surface area (Å²) in [7, 11) is 0. The van der Waals surface area contributed by atoms with E-state index >= 15 is 0 Å². The van der Waals surface area contributed by atoms with Crippen LogP contribution in [0.5, 0.6) is 0 Å². The average Bonchev–Trinajstić information content (AvgIpc) is 3.14. The molecule has 236 valence electrons. The Morgan fingerprint density at radius 3 is 2.36 bits per heavy atom. The predicted octanol–water partition coefficient (Wildman–Crippen LogP) is 3.82. The summed E-state index contributed by atoms with van der Waals surface area (Å²) in [6.07, 6.45) is 1.35. The molecule has 0 saturated carbocycles. The maximum atomic E-state index is 14.0. The van der Waals surface area contributed by atoms with Crippen molar-refractivity contribution in [1.29, 1.82) is 0 Å². The highest BCUT2D eigenvalue weighted by Gasteiger charge is 2.32. The van der Waals surface area contributed by atoms with Crippen LogP contribution in [0.1, 0.15) is 49.8 Å². The lowest BCUT2D eigenvalue weighted by molar-refractivity contribution is -0.143. The van der Waals surface area contributed by atoms with E-state index in [9.17, 15) is 19.2 Å². The van der Waals surface area contributed by atoms with E-state index in [-0.39, 0.29) is 43.8 Å². The number of para-hydroxylation sites is 1. The van der Waals surface area contributed by atoms with Crippen LogP contribution in [0.25, 0.3) is 11.1 Å². The van der Waals surface area contributed by atoms with Gasteiger partial charge in [-0.15, -0.1) is 0 Å². The Labute approximate surface area is 263 Å². The number of carbonyl (C=O) groups excluding carboxylic acids is 4. The maximum absolute atomic E-state index is 14.0. The number of hydrogen-bond donors (Lipinski definition) is 4. The zero-order valence-electron chi connectivity index (χ0n) is 25.9. The number of carbonyl (C=O) groups is 4. The summed E-state index contributed by atoms with van der Waals surface area (Å²) in [5.41, 5.74) is 5.18. The molecule has 0 fully saturated rings. The molecular weight excluding hydrogens is 570 g/mol. The minimum absolute atomic E-state index is 0.0401. The van der Waals surface area contributed by atoms with Crippen molar-refractivity contribution < 1.29 is 23.9 Å². The Morgan fingerprint density at radius 2 is 1.56 bits per heavy atom. The van der Waals surface area contributed by atoms with E-state index in [0.29, 0.717) is 32.5 Å². The Bertz CT molecular complexity index is 1540. The number of esters is 1. The third-order valence-electron chi connectivity index (χ3n) is 8.13. The lowest BCUT2D eigenvalue weighted by Gasteiger charge is -2.29. The third kappa shape index (κ3) is 8.48. The summed E-state index contributed by atoms with van der Waals surface area (Å²) in [5.74, 6) is -0.800. The Kier molecular flexibility index (Phi) is 10.1. The molecule has 45 heavy (non-hydrogen) atoms. The van der Waals surface area contributed by atoms with Crippen molar-refractivity contribution in [3.05, 3.63) is 89.5 Å². The second kappa shape index (κ2) is 14.4. The molecule has 3 aromatic rings. The fraction of sp³-hybridized carbons (Fsp3) is 0.371. The second-order valence-corrected chi connectivity index (χ2v) is 12.1. The molecule has 10 heteroatoms. The fourth-order valence-electron chi connectivity index (χ4n) is 5.79. The molecule has 6 rings (SSSR count). The van der Waals surface area contributed by atoms with Gasteiger partial charge < -0.3 is 30.9 Å². The molecule has 4 N–H and O–H groups in total. The summed E-state index contributed by atoms with van der Waals surface area (Å²) < 4.78 is 5.29. The molecule has 0 saturated heterocycles. The van der Waals surface area contributed by atoms with Crippen molar-refractivity contribution in [3.8, 4) is 11.1 Å². The van der Waals surface area contributed by atoms with Crippen molar-refractivity contribution in [1.82, 2.24) is 21.3 Å². The smallest absolute Gasteiger partial charge is 0.315 e.